The third-order valence-corrected chi connectivity index (χ3v) is 4.34. The van der Waals surface area contributed by atoms with Crippen molar-refractivity contribution < 1.29 is 9.13 Å². The largest absolute Gasteiger partial charge is 0.494 e. The molecule has 1 aliphatic heterocycles. The topological polar surface area (TPSA) is 67.5 Å². The maximum atomic E-state index is 12.8. The van der Waals surface area contributed by atoms with Gasteiger partial charge in [0.15, 0.2) is 0 Å². The lowest BCUT2D eigenvalue weighted by Crippen LogP contribution is -2.47. The molecule has 134 valence electrons. The van der Waals surface area contributed by atoms with Gasteiger partial charge in [-0.15, -0.1) is 0 Å². The highest BCUT2D eigenvalue weighted by atomic mass is 19.1. The van der Waals surface area contributed by atoms with Crippen molar-refractivity contribution in [2.45, 2.75) is 13.3 Å². The van der Waals surface area contributed by atoms with Crippen LogP contribution in [0, 0.1) is 12.7 Å². The highest BCUT2D eigenvalue weighted by Gasteiger charge is 2.19. The van der Waals surface area contributed by atoms with Crippen LogP contribution in [0.25, 0.3) is 0 Å². The van der Waals surface area contributed by atoms with Crippen molar-refractivity contribution in [1.29, 1.82) is 0 Å². The van der Waals surface area contributed by atoms with Crippen LogP contribution in [0.5, 0.6) is 5.75 Å². The van der Waals surface area contributed by atoms with Crippen molar-refractivity contribution in [2.24, 2.45) is 0 Å². The fourth-order valence-corrected chi connectivity index (χ4v) is 2.96. The number of nitrogens with zero attached hydrogens (tertiary/aromatic N) is 4. The van der Waals surface area contributed by atoms with E-state index in [4.69, 9.17) is 10.5 Å². The number of anilines is 2. The first-order valence-corrected chi connectivity index (χ1v) is 8.56. The van der Waals surface area contributed by atoms with Gasteiger partial charge in [0.05, 0.1) is 6.61 Å². The van der Waals surface area contributed by atoms with Gasteiger partial charge in [0.1, 0.15) is 17.4 Å². The van der Waals surface area contributed by atoms with Crippen LogP contribution in [0.3, 0.4) is 0 Å². The number of aromatic nitrogens is 2. The van der Waals surface area contributed by atoms with Crippen LogP contribution in [0.4, 0.5) is 16.2 Å². The van der Waals surface area contributed by atoms with Gasteiger partial charge in [0, 0.05) is 44.5 Å². The van der Waals surface area contributed by atoms with Crippen LogP contribution in [-0.2, 0) is 0 Å². The molecule has 1 aromatic carbocycles. The van der Waals surface area contributed by atoms with Gasteiger partial charge in [-0.3, -0.25) is 4.90 Å². The van der Waals surface area contributed by atoms with E-state index in [1.807, 2.05) is 6.92 Å². The lowest BCUT2D eigenvalue weighted by Gasteiger charge is -2.35. The maximum Gasteiger partial charge on any atom is 0.221 e. The summed E-state index contributed by atoms with van der Waals surface area (Å²) in [6.07, 6.45) is 2.72. The third-order valence-electron chi connectivity index (χ3n) is 4.34. The third kappa shape index (κ3) is 4.79. The molecule has 6 nitrogen and oxygen atoms in total. The molecular weight excluding hydrogens is 321 g/mol. The molecule has 1 saturated heterocycles. The average Bonchev–Trinajstić information content (AvgIpc) is 2.63. The zero-order chi connectivity index (χ0) is 17.6. The molecule has 0 unspecified atom stereocenters. The minimum absolute atomic E-state index is 0.245. The Bertz CT molecular complexity index is 686. The summed E-state index contributed by atoms with van der Waals surface area (Å²) in [6, 6.07) is 6.14. The van der Waals surface area contributed by atoms with Gasteiger partial charge < -0.3 is 15.4 Å². The Labute approximate surface area is 147 Å². The predicted octanol–water partition coefficient (Wildman–Crippen LogP) is 2.10. The SMILES string of the molecule is Cc1cnc(N)nc1N1CCN(CCCOc2ccc(F)cc2)CC1. The van der Waals surface area contributed by atoms with Crippen molar-refractivity contribution >= 4 is 11.8 Å². The molecular formula is C18H24FN5O. The summed E-state index contributed by atoms with van der Waals surface area (Å²) in [7, 11) is 0. The van der Waals surface area contributed by atoms with E-state index in [-0.39, 0.29) is 5.82 Å². The Morgan fingerprint density at radius 3 is 2.60 bits per heavy atom. The van der Waals surface area contributed by atoms with Crippen molar-refractivity contribution in [3.8, 4) is 5.75 Å². The average molecular weight is 345 g/mol. The Morgan fingerprint density at radius 1 is 1.16 bits per heavy atom. The summed E-state index contributed by atoms with van der Waals surface area (Å²) >= 11 is 0. The summed E-state index contributed by atoms with van der Waals surface area (Å²) in [5.74, 6) is 1.72. The Morgan fingerprint density at radius 2 is 1.88 bits per heavy atom. The van der Waals surface area contributed by atoms with Gasteiger partial charge in [0.25, 0.3) is 0 Å². The standard InChI is InChI=1S/C18H24FN5O/c1-14-13-21-18(20)22-17(14)24-10-8-23(9-11-24)7-2-12-25-16-5-3-15(19)4-6-16/h3-6,13H,2,7-12H2,1H3,(H2,20,21,22). The van der Waals surface area contributed by atoms with Crippen LogP contribution < -0.4 is 15.4 Å². The quantitative estimate of drug-likeness (QED) is 0.809. The molecule has 1 fully saturated rings. The highest BCUT2D eigenvalue weighted by molar-refractivity contribution is 5.48. The molecule has 0 radical (unpaired) electrons. The lowest BCUT2D eigenvalue weighted by atomic mass is 10.2. The molecule has 0 atom stereocenters. The van der Waals surface area contributed by atoms with Crippen molar-refractivity contribution in [2.75, 3.05) is 50.0 Å². The van der Waals surface area contributed by atoms with Crippen LogP contribution in [-0.4, -0.2) is 54.2 Å². The van der Waals surface area contributed by atoms with E-state index in [1.165, 1.54) is 12.1 Å². The van der Waals surface area contributed by atoms with E-state index < -0.39 is 0 Å². The van der Waals surface area contributed by atoms with Gasteiger partial charge in [-0.25, -0.2) is 9.37 Å². The molecule has 2 aromatic rings. The van der Waals surface area contributed by atoms with Crippen molar-refractivity contribution in [3.05, 3.63) is 41.8 Å². The van der Waals surface area contributed by atoms with Crippen molar-refractivity contribution in [1.82, 2.24) is 14.9 Å². The molecule has 25 heavy (non-hydrogen) atoms. The van der Waals surface area contributed by atoms with E-state index in [0.29, 0.717) is 18.3 Å². The number of piperazine rings is 1. The molecule has 0 amide bonds. The van der Waals surface area contributed by atoms with Gasteiger partial charge in [-0.1, -0.05) is 0 Å². The zero-order valence-corrected chi connectivity index (χ0v) is 14.5. The van der Waals surface area contributed by atoms with Gasteiger partial charge >= 0.3 is 0 Å². The lowest BCUT2D eigenvalue weighted by molar-refractivity contribution is 0.224. The van der Waals surface area contributed by atoms with E-state index in [2.05, 4.69) is 19.8 Å². The molecule has 3 rings (SSSR count). The van der Waals surface area contributed by atoms with Gasteiger partial charge in [0.2, 0.25) is 5.95 Å². The molecule has 2 heterocycles. The summed E-state index contributed by atoms with van der Waals surface area (Å²) in [4.78, 5) is 13.1. The first kappa shape index (κ1) is 17.4. The molecule has 2 N–H and O–H groups in total. The number of hydrogen-bond donors (Lipinski definition) is 1. The molecule has 0 saturated carbocycles. The minimum Gasteiger partial charge on any atom is -0.494 e. The molecule has 0 bridgehead atoms. The number of rotatable bonds is 6. The van der Waals surface area contributed by atoms with E-state index in [0.717, 1.165) is 50.5 Å². The monoisotopic (exact) mass is 345 g/mol. The highest BCUT2D eigenvalue weighted by Crippen LogP contribution is 2.19. The summed E-state index contributed by atoms with van der Waals surface area (Å²) in [5.41, 5.74) is 6.76. The van der Waals surface area contributed by atoms with Gasteiger partial charge in [-0.05, 0) is 37.6 Å². The Hall–Kier alpha value is -2.41. The fraction of sp³-hybridized carbons (Fsp3) is 0.444. The molecule has 0 spiro atoms. The zero-order valence-electron chi connectivity index (χ0n) is 14.5. The number of nitrogen functional groups attached to an aromatic ring is 1. The first-order chi connectivity index (χ1) is 12.1. The summed E-state index contributed by atoms with van der Waals surface area (Å²) in [5, 5.41) is 0. The number of halogens is 1. The van der Waals surface area contributed by atoms with Crippen LogP contribution in [0.1, 0.15) is 12.0 Å². The number of hydrogen-bond acceptors (Lipinski definition) is 6. The smallest absolute Gasteiger partial charge is 0.221 e. The maximum absolute atomic E-state index is 12.8. The van der Waals surface area contributed by atoms with E-state index in [1.54, 1.807) is 18.3 Å². The fourth-order valence-electron chi connectivity index (χ4n) is 2.96. The van der Waals surface area contributed by atoms with Crippen LogP contribution in [0.15, 0.2) is 30.5 Å². The first-order valence-electron chi connectivity index (χ1n) is 8.56. The second-order valence-electron chi connectivity index (χ2n) is 6.22. The second-order valence-corrected chi connectivity index (χ2v) is 6.22. The van der Waals surface area contributed by atoms with Crippen LogP contribution >= 0.6 is 0 Å². The predicted molar refractivity (Wildman–Crippen MR) is 96.3 cm³/mol. The number of nitrogens with two attached hydrogens (primary N) is 1. The summed E-state index contributed by atoms with van der Waals surface area (Å²) in [6.45, 7) is 7.45. The minimum atomic E-state index is -0.245. The number of benzene rings is 1. The normalized spacial score (nSPS) is 15.4. The van der Waals surface area contributed by atoms with Crippen molar-refractivity contribution in [3.63, 3.8) is 0 Å². The second kappa shape index (κ2) is 8.11. The number of ether oxygens (including phenoxy) is 1. The molecule has 1 aromatic heterocycles. The Kier molecular flexibility index (Phi) is 5.65. The molecule has 0 aliphatic carbocycles. The van der Waals surface area contributed by atoms with Gasteiger partial charge in [-0.2, -0.15) is 4.98 Å². The van der Waals surface area contributed by atoms with E-state index in [9.17, 15) is 4.39 Å². The van der Waals surface area contributed by atoms with Crippen LogP contribution in [0.2, 0.25) is 0 Å². The Balaban J connectivity index is 1.39. The molecule has 7 heteroatoms. The summed E-state index contributed by atoms with van der Waals surface area (Å²) < 4.78 is 18.5. The number of aryl methyl sites for hydroxylation is 1. The molecule has 1 aliphatic rings. The van der Waals surface area contributed by atoms with E-state index >= 15 is 0 Å².